The molecule has 0 saturated carbocycles. The van der Waals surface area contributed by atoms with Crippen LogP contribution in [0.15, 0.2) is 18.5 Å². The van der Waals surface area contributed by atoms with E-state index in [0.29, 0.717) is 25.2 Å². The van der Waals surface area contributed by atoms with Crippen molar-refractivity contribution in [2.24, 2.45) is 5.73 Å². The van der Waals surface area contributed by atoms with E-state index in [9.17, 15) is 4.79 Å². The number of carbonyl (C=O) groups is 1. The molecule has 1 amide bonds. The predicted octanol–water partition coefficient (Wildman–Crippen LogP) is 1.20. The van der Waals surface area contributed by atoms with Crippen LogP contribution in [0.5, 0.6) is 0 Å². The molecule has 0 atom stereocenters. The van der Waals surface area contributed by atoms with E-state index in [-0.39, 0.29) is 5.91 Å². The van der Waals surface area contributed by atoms with Crippen LogP contribution in [-0.2, 0) is 0 Å². The van der Waals surface area contributed by atoms with Gasteiger partial charge in [0.25, 0.3) is 5.91 Å². The summed E-state index contributed by atoms with van der Waals surface area (Å²) in [7, 11) is 0. The maximum Gasteiger partial charge on any atom is 0.255 e. The molecule has 0 unspecified atom stereocenters. The third-order valence-electron chi connectivity index (χ3n) is 2.42. The molecule has 1 heterocycles. The second-order valence-corrected chi connectivity index (χ2v) is 3.78. The lowest BCUT2D eigenvalue weighted by molar-refractivity contribution is 0.0763. The first-order chi connectivity index (χ1) is 7.69. The van der Waals surface area contributed by atoms with Crippen LogP contribution in [0.4, 0.5) is 0 Å². The number of amides is 1. The van der Waals surface area contributed by atoms with Crippen molar-refractivity contribution in [1.82, 2.24) is 9.88 Å². The van der Waals surface area contributed by atoms with Gasteiger partial charge in [0, 0.05) is 25.5 Å². The van der Waals surface area contributed by atoms with Crippen molar-refractivity contribution in [3.05, 3.63) is 29.6 Å². The van der Waals surface area contributed by atoms with Gasteiger partial charge in [0.1, 0.15) is 0 Å². The molecule has 0 bridgehead atoms. The average Bonchev–Trinajstić information content (AvgIpc) is 2.29. The minimum Gasteiger partial charge on any atom is -0.339 e. The summed E-state index contributed by atoms with van der Waals surface area (Å²) in [5, 5.41) is 0. The molecule has 1 aromatic heterocycles. The Bertz CT molecular complexity index is 352. The summed E-state index contributed by atoms with van der Waals surface area (Å²) in [5.41, 5.74) is 7.10. The second kappa shape index (κ2) is 6.23. The average molecular weight is 221 g/mol. The SMILES string of the molecule is CCN(CCCN)C(=O)c1cncc(C)c1. The van der Waals surface area contributed by atoms with Gasteiger partial charge in [0.2, 0.25) is 0 Å². The summed E-state index contributed by atoms with van der Waals surface area (Å²) in [6.07, 6.45) is 4.19. The topological polar surface area (TPSA) is 59.2 Å². The van der Waals surface area contributed by atoms with Crippen LogP contribution in [0, 0.1) is 6.92 Å². The predicted molar refractivity (Wildman–Crippen MR) is 64.2 cm³/mol. The number of aryl methyl sites for hydroxylation is 1. The van der Waals surface area contributed by atoms with Crippen molar-refractivity contribution in [3.63, 3.8) is 0 Å². The molecule has 88 valence electrons. The van der Waals surface area contributed by atoms with E-state index in [1.807, 2.05) is 19.9 Å². The van der Waals surface area contributed by atoms with Gasteiger partial charge in [-0.25, -0.2) is 0 Å². The van der Waals surface area contributed by atoms with Crippen molar-refractivity contribution in [2.45, 2.75) is 20.3 Å². The maximum atomic E-state index is 12.1. The Morgan fingerprint density at radius 3 is 2.81 bits per heavy atom. The number of nitrogens with two attached hydrogens (primary N) is 1. The normalized spacial score (nSPS) is 10.2. The van der Waals surface area contributed by atoms with E-state index in [0.717, 1.165) is 12.0 Å². The summed E-state index contributed by atoms with van der Waals surface area (Å²) >= 11 is 0. The fourth-order valence-corrected chi connectivity index (χ4v) is 1.54. The molecule has 4 nitrogen and oxygen atoms in total. The molecule has 2 N–H and O–H groups in total. The van der Waals surface area contributed by atoms with E-state index in [2.05, 4.69) is 4.98 Å². The molecule has 0 saturated heterocycles. The highest BCUT2D eigenvalue weighted by molar-refractivity contribution is 5.94. The lowest BCUT2D eigenvalue weighted by atomic mass is 10.2. The van der Waals surface area contributed by atoms with Crippen molar-refractivity contribution in [3.8, 4) is 0 Å². The quantitative estimate of drug-likeness (QED) is 0.812. The van der Waals surface area contributed by atoms with Gasteiger partial charge in [-0.1, -0.05) is 0 Å². The van der Waals surface area contributed by atoms with Crippen LogP contribution in [-0.4, -0.2) is 35.4 Å². The van der Waals surface area contributed by atoms with Crippen LogP contribution in [0.3, 0.4) is 0 Å². The molecule has 0 fully saturated rings. The van der Waals surface area contributed by atoms with Crippen LogP contribution >= 0.6 is 0 Å². The van der Waals surface area contributed by atoms with Gasteiger partial charge in [-0.2, -0.15) is 0 Å². The monoisotopic (exact) mass is 221 g/mol. The first-order valence-corrected chi connectivity index (χ1v) is 5.60. The summed E-state index contributed by atoms with van der Waals surface area (Å²) in [6.45, 7) is 5.92. The number of hydrogen-bond donors (Lipinski definition) is 1. The Morgan fingerprint density at radius 1 is 1.50 bits per heavy atom. The van der Waals surface area contributed by atoms with Gasteiger partial charge in [-0.05, 0) is 38.4 Å². The highest BCUT2D eigenvalue weighted by atomic mass is 16.2. The lowest BCUT2D eigenvalue weighted by Gasteiger charge is -2.20. The van der Waals surface area contributed by atoms with Crippen LogP contribution in [0.1, 0.15) is 29.3 Å². The van der Waals surface area contributed by atoms with E-state index in [1.165, 1.54) is 0 Å². The van der Waals surface area contributed by atoms with E-state index in [1.54, 1.807) is 17.3 Å². The van der Waals surface area contributed by atoms with Gasteiger partial charge in [0.15, 0.2) is 0 Å². The van der Waals surface area contributed by atoms with Gasteiger partial charge in [-0.3, -0.25) is 9.78 Å². The van der Waals surface area contributed by atoms with Gasteiger partial charge in [-0.15, -0.1) is 0 Å². The number of aromatic nitrogens is 1. The number of rotatable bonds is 5. The Hall–Kier alpha value is -1.42. The van der Waals surface area contributed by atoms with Gasteiger partial charge >= 0.3 is 0 Å². The van der Waals surface area contributed by atoms with E-state index < -0.39 is 0 Å². The minimum absolute atomic E-state index is 0.0344. The molecule has 1 aromatic rings. The summed E-state index contributed by atoms with van der Waals surface area (Å²) in [6, 6.07) is 1.86. The van der Waals surface area contributed by atoms with Crippen molar-refractivity contribution in [1.29, 1.82) is 0 Å². The molecule has 0 aliphatic carbocycles. The van der Waals surface area contributed by atoms with Crippen molar-refractivity contribution < 1.29 is 4.79 Å². The third kappa shape index (κ3) is 3.31. The molecule has 16 heavy (non-hydrogen) atoms. The molecule has 0 spiro atoms. The highest BCUT2D eigenvalue weighted by Crippen LogP contribution is 2.06. The number of nitrogens with zero attached hydrogens (tertiary/aromatic N) is 2. The zero-order chi connectivity index (χ0) is 12.0. The Labute approximate surface area is 96.5 Å². The molecular weight excluding hydrogens is 202 g/mol. The molecular formula is C12H19N3O. The lowest BCUT2D eigenvalue weighted by Crippen LogP contribution is -2.32. The summed E-state index contributed by atoms with van der Waals surface area (Å²) in [4.78, 5) is 17.9. The van der Waals surface area contributed by atoms with Crippen LogP contribution in [0.25, 0.3) is 0 Å². The number of pyridine rings is 1. The smallest absolute Gasteiger partial charge is 0.255 e. The van der Waals surface area contributed by atoms with Gasteiger partial charge < -0.3 is 10.6 Å². The van der Waals surface area contributed by atoms with E-state index >= 15 is 0 Å². The first kappa shape index (κ1) is 12.6. The fraction of sp³-hybridized carbons (Fsp3) is 0.500. The fourth-order valence-electron chi connectivity index (χ4n) is 1.54. The largest absolute Gasteiger partial charge is 0.339 e. The second-order valence-electron chi connectivity index (χ2n) is 3.78. The Balaban J connectivity index is 2.74. The Morgan fingerprint density at radius 2 is 2.25 bits per heavy atom. The molecule has 1 rings (SSSR count). The zero-order valence-electron chi connectivity index (χ0n) is 9.94. The highest BCUT2D eigenvalue weighted by Gasteiger charge is 2.13. The zero-order valence-corrected chi connectivity index (χ0v) is 9.94. The summed E-state index contributed by atoms with van der Waals surface area (Å²) < 4.78 is 0. The number of carbonyl (C=O) groups excluding carboxylic acids is 1. The van der Waals surface area contributed by atoms with Gasteiger partial charge in [0.05, 0.1) is 5.56 Å². The van der Waals surface area contributed by atoms with Crippen molar-refractivity contribution >= 4 is 5.91 Å². The minimum atomic E-state index is 0.0344. The molecule has 0 aliphatic heterocycles. The third-order valence-corrected chi connectivity index (χ3v) is 2.42. The molecule has 0 aliphatic rings. The van der Waals surface area contributed by atoms with E-state index in [4.69, 9.17) is 5.73 Å². The number of hydrogen-bond acceptors (Lipinski definition) is 3. The standard InChI is InChI=1S/C12H19N3O/c1-3-15(6-4-5-13)12(16)11-7-10(2)8-14-9-11/h7-9H,3-6,13H2,1-2H3. The van der Waals surface area contributed by atoms with Crippen molar-refractivity contribution in [2.75, 3.05) is 19.6 Å². The Kier molecular flexibility index (Phi) is 4.92. The van der Waals surface area contributed by atoms with Crippen LogP contribution < -0.4 is 5.73 Å². The van der Waals surface area contributed by atoms with Crippen LogP contribution in [0.2, 0.25) is 0 Å². The molecule has 0 aromatic carbocycles. The summed E-state index contributed by atoms with van der Waals surface area (Å²) in [5.74, 6) is 0.0344. The first-order valence-electron chi connectivity index (χ1n) is 5.60. The molecule has 0 radical (unpaired) electrons. The maximum absolute atomic E-state index is 12.1. The molecule has 4 heteroatoms.